The molecule has 0 spiro atoms. The second-order valence-electron chi connectivity index (χ2n) is 0.495. The van der Waals surface area contributed by atoms with E-state index in [1.165, 1.54) is 0 Å². The maximum atomic E-state index is 11.5. The van der Waals surface area contributed by atoms with Crippen LogP contribution in [0.25, 0.3) is 0 Å². The Bertz CT molecular complexity index is 26.3. The number of hydrogen-bond acceptors (Lipinski definition) is 0. The minimum Gasteiger partial charge on any atom is -0.475 e. The van der Waals surface area contributed by atoms with E-state index >= 15 is 0 Å². The summed E-state index contributed by atoms with van der Waals surface area (Å²) in [7, 11) is 0. The molecule has 0 nitrogen and oxygen atoms in total. The second kappa shape index (κ2) is 4.33. The fourth-order valence-corrected chi connectivity index (χ4v) is 0. The van der Waals surface area contributed by atoms with E-state index in [1.54, 1.807) is 0 Å². The van der Waals surface area contributed by atoms with Crippen LogP contribution in [0.2, 0.25) is 0 Å². The third-order valence-corrected chi connectivity index (χ3v) is 0. The van der Waals surface area contributed by atoms with Crippen molar-refractivity contribution >= 4 is 50.2 Å². The van der Waals surface area contributed by atoms with Crippen LogP contribution < -0.4 is 29.6 Å². The molecule has 0 unspecified atom stereocenters. The van der Waals surface area contributed by atoms with Crippen LogP contribution in [0.3, 0.4) is 0 Å². The zero-order valence-electron chi connectivity index (χ0n) is 3.09. The molecule has 6 heavy (non-hydrogen) atoms. The smallest absolute Gasteiger partial charge is 0.475 e. The summed E-state index contributed by atoms with van der Waals surface area (Å²) in [6, 6.07) is 0. The Morgan fingerprint density at radius 3 is 1.17 bits per heavy atom. The molecule has 0 saturated heterocycles. The zero-order valence-corrected chi connectivity index (χ0v) is 9.85. The van der Waals surface area contributed by atoms with Crippen LogP contribution in [0.1, 0.15) is 0 Å². The van der Waals surface area contributed by atoms with Crippen molar-refractivity contribution in [2.24, 2.45) is 0 Å². The molecule has 0 fully saturated rings. The second-order valence-corrected chi connectivity index (χ2v) is 7.97. The molecule has 0 aliphatic carbocycles. The minimum absolute atomic E-state index is 0. The van der Waals surface area contributed by atoms with Gasteiger partial charge < -0.3 is 4.32 Å². The SMILES string of the molecule is F[B-](Br)(Br)Br.[Na+]. The summed E-state index contributed by atoms with van der Waals surface area (Å²) in [5, 5.41) is 0. The maximum absolute atomic E-state index is 11.5. The van der Waals surface area contributed by atoms with Gasteiger partial charge in [-0.1, -0.05) is 0 Å². The van der Waals surface area contributed by atoms with Crippen molar-refractivity contribution in [1.29, 1.82) is 0 Å². The van der Waals surface area contributed by atoms with Crippen molar-refractivity contribution in [3.05, 3.63) is 0 Å². The van der Waals surface area contributed by atoms with Crippen LogP contribution in [0.5, 0.6) is 0 Å². The topological polar surface area (TPSA) is 0 Å². The molecule has 0 aliphatic rings. The zero-order chi connectivity index (χ0) is 4.50. The first-order valence-corrected chi connectivity index (χ1v) is 3.62. The van der Waals surface area contributed by atoms with Crippen molar-refractivity contribution in [2.75, 3.05) is 0 Å². The number of hydrogen-bond donors (Lipinski definition) is 0. The van der Waals surface area contributed by atoms with Gasteiger partial charge in [-0.3, -0.25) is 47.3 Å². The van der Waals surface area contributed by atoms with Crippen molar-refractivity contribution in [3.63, 3.8) is 0 Å². The van der Waals surface area contributed by atoms with E-state index in [-0.39, 0.29) is 29.6 Å². The molecule has 0 saturated carbocycles. The third kappa shape index (κ3) is 32.1. The molecule has 0 radical (unpaired) electrons. The molecule has 0 aromatic rings. The van der Waals surface area contributed by atoms with E-state index < -0.39 is 2.90 Å². The van der Waals surface area contributed by atoms with Gasteiger partial charge in [0.05, 0.1) is 0 Å². The van der Waals surface area contributed by atoms with E-state index in [0.29, 0.717) is 0 Å². The predicted molar refractivity (Wildman–Crippen MR) is 33.6 cm³/mol. The van der Waals surface area contributed by atoms with Gasteiger partial charge in [-0.25, -0.2) is 0 Å². The van der Waals surface area contributed by atoms with Gasteiger partial charge in [0.1, 0.15) is 0 Å². The summed E-state index contributed by atoms with van der Waals surface area (Å²) < 4.78 is 9.44. The fourth-order valence-electron chi connectivity index (χ4n) is 0. The molecule has 0 aromatic carbocycles. The summed E-state index contributed by atoms with van der Waals surface area (Å²) in [6.07, 6.45) is 0. The molecular formula is BBr3FNa. The molecule has 0 heterocycles. The van der Waals surface area contributed by atoms with Crippen LogP contribution in [0, 0.1) is 0 Å². The van der Waals surface area contributed by atoms with E-state index in [4.69, 9.17) is 0 Å². The summed E-state index contributed by atoms with van der Waals surface area (Å²) in [5.74, 6) is 0. The Balaban J connectivity index is 0. The first-order valence-electron chi connectivity index (χ1n) is 0.873. The molecule has 0 aromatic heterocycles. The van der Waals surface area contributed by atoms with Crippen LogP contribution in [0.4, 0.5) is 4.32 Å². The average molecular weight is 293 g/mol. The van der Waals surface area contributed by atoms with E-state index in [9.17, 15) is 4.32 Å². The number of halogens is 4. The van der Waals surface area contributed by atoms with Crippen LogP contribution in [-0.2, 0) is 0 Å². The first-order chi connectivity index (χ1) is 2.00. The van der Waals surface area contributed by atoms with Crippen molar-refractivity contribution in [1.82, 2.24) is 0 Å². The molecule has 0 bridgehead atoms. The summed E-state index contributed by atoms with van der Waals surface area (Å²) >= 11 is 7.81. The van der Waals surface area contributed by atoms with Crippen molar-refractivity contribution in [3.8, 4) is 0 Å². The molecular weight excluding hydrogens is 293 g/mol. The largest absolute Gasteiger partial charge is 1.00 e. The van der Waals surface area contributed by atoms with Gasteiger partial charge in [0.15, 0.2) is 0 Å². The Morgan fingerprint density at radius 1 is 1.17 bits per heavy atom. The monoisotopic (exact) mass is 290 g/mol. The van der Waals surface area contributed by atoms with Gasteiger partial charge in [-0.2, -0.15) is 0 Å². The molecule has 32 valence electrons. The van der Waals surface area contributed by atoms with Gasteiger partial charge in [0, 0.05) is 0 Å². The third-order valence-electron chi connectivity index (χ3n) is 0. The molecule has 0 N–H and O–H groups in total. The summed E-state index contributed by atoms with van der Waals surface area (Å²) in [6.45, 7) is 0. The molecule has 0 atom stereocenters. The standard InChI is InChI=1S/BBr3F.Na/c2-1(3,4)5;/q-1;+1. The van der Waals surface area contributed by atoms with Crippen molar-refractivity contribution in [2.45, 2.75) is 0 Å². The Kier molecular flexibility index (Phi) is 8.12. The van der Waals surface area contributed by atoms with Gasteiger partial charge >= 0.3 is 32.5 Å². The Morgan fingerprint density at radius 2 is 1.17 bits per heavy atom. The molecule has 0 rings (SSSR count). The molecule has 6 heteroatoms. The Hall–Kier alpha value is 2.43. The van der Waals surface area contributed by atoms with E-state index in [0.717, 1.165) is 0 Å². The molecule has 0 amide bonds. The van der Waals surface area contributed by atoms with Crippen LogP contribution in [0.15, 0.2) is 0 Å². The maximum Gasteiger partial charge on any atom is 1.00 e. The van der Waals surface area contributed by atoms with Gasteiger partial charge in [-0.15, -0.1) is 0 Å². The van der Waals surface area contributed by atoms with Crippen LogP contribution >= 0.6 is 47.3 Å². The van der Waals surface area contributed by atoms with Gasteiger partial charge in [-0.05, 0) is 0 Å². The predicted octanol–water partition coefficient (Wildman–Crippen LogP) is -0.420. The van der Waals surface area contributed by atoms with E-state index in [1.807, 2.05) is 0 Å². The average Bonchev–Trinajstić information content (AvgIpc) is 0.722. The molecule has 0 aliphatic heterocycles. The van der Waals surface area contributed by atoms with Gasteiger partial charge in [0.25, 0.3) is 0 Å². The van der Waals surface area contributed by atoms with E-state index in [2.05, 4.69) is 47.3 Å². The summed E-state index contributed by atoms with van der Waals surface area (Å²) in [4.78, 5) is 0. The number of rotatable bonds is 0. The fraction of sp³-hybridized carbons (Fsp3) is 0. The van der Waals surface area contributed by atoms with Gasteiger partial charge in [0.2, 0.25) is 0 Å². The quantitative estimate of drug-likeness (QED) is 0.532. The van der Waals surface area contributed by atoms with Crippen LogP contribution in [-0.4, -0.2) is 2.90 Å². The normalized spacial score (nSPS) is 10.0. The first kappa shape index (κ1) is 11.3. The minimum atomic E-state index is -2.06. The summed E-state index contributed by atoms with van der Waals surface area (Å²) in [5.41, 5.74) is 0. The van der Waals surface area contributed by atoms with Crippen molar-refractivity contribution < 1.29 is 33.9 Å². The Labute approximate surface area is 82.8 Å².